The minimum absolute atomic E-state index is 0.202. The summed E-state index contributed by atoms with van der Waals surface area (Å²) in [5.41, 5.74) is 0. The van der Waals surface area contributed by atoms with Crippen molar-refractivity contribution in [3.63, 3.8) is 0 Å². The number of hydrogen-bond acceptors (Lipinski definition) is 2. The SMILES string of the molecule is CC(F)(F)OC(=O)C(F)F. The Morgan fingerprint density at radius 3 is 2.00 bits per heavy atom. The Morgan fingerprint density at radius 1 is 1.50 bits per heavy atom. The fourth-order valence-corrected chi connectivity index (χ4v) is 0.221. The quantitative estimate of drug-likeness (QED) is 0.451. The number of halogens is 4. The Bertz CT molecular complexity index is 128. The highest BCUT2D eigenvalue weighted by atomic mass is 19.3. The molecule has 60 valence electrons. The summed E-state index contributed by atoms with van der Waals surface area (Å²) in [7, 11) is 0. The van der Waals surface area contributed by atoms with Crippen LogP contribution in [0.3, 0.4) is 0 Å². The van der Waals surface area contributed by atoms with E-state index >= 15 is 0 Å². The predicted molar refractivity (Wildman–Crippen MR) is 22.7 cm³/mol. The largest absolute Gasteiger partial charge is 0.397 e. The third-order valence-corrected chi connectivity index (χ3v) is 0.458. The van der Waals surface area contributed by atoms with Crippen LogP contribution >= 0.6 is 0 Å². The molecule has 0 N–H and O–H groups in total. The zero-order chi connectivity index (χ0) is 8.36. The van der Waals surface area contributed by atoms with Crippen LogP contribution < -0.4 is 0 Å². The van der Waals surface area contributed by atoms with Gasteiger partial charge in [0.05, 0.1) is 0 Å². The van der Waals surface area contributed by atoms with Crippen LogP contribution in [0.4, 0.5) is 17.6 Å². The third kappa shape index (κ3) is 4.11. The van der Waals surface area contributed by atoms with Crippen molar-refractivity contribution in [2.45, 2.75) is 19.5 Å². The Morgan fingerprint density at radius 2 is 1.90 bits per heavy atom. The van der Waals surface area contributed by atoms with Crippen molar-refractivity contribution in [3.05, 3.63) is 0 Å². The first kappa shape index (κ1) is 9.19. The van der Waals surface area contributed by atoms with E-state index in [4.69, 9.17) is 0 Å². The van der Waals surface area contributed by atoms with Gasteiger partial charge in [-0.3, -0.25) is 0 Å². The van der Waals surface area contributed by atoms with E-state index < -0.39 is 18.5 Å². The Kier molecular flexibility index (Phi) is 2.62. The second-order valence-corrected chi connectivity index (χ2v) is 1.53. The first-order valence-electron chi connectivity index (χ1n) is 2.22. The van der Waals surface area contributed by atoms with Gasteiger partial charge in [-0.15, -0.1) is 0 Å². The topological polar surface area (TPSA) is 26.3 Å². The molecule has 0 radical (unpaired) electrons. The van der Waals surface area contributed by atoms with E-state index in [0.29, 0.717) is 0 Å². The Balaban J connectivity index is 3.81. The number of esters is 1. The summed E-state index contributed by atoms with van der Waals surface area (Å²) in [6.45, 7) is 0.202. The van der Waals surface area contributed by atoms with Crippen molar-refractivity contribution in [1.82, 2.24) is 0 Å². The summed E-state index contributed by atoms with van der Waals surface area (Å²) >= 11 is 0. The molecule has 10 heavy (non-hydrogen) atoms. The van der Waals surface area contributed by atoms with E-state index in [1.54, 1.807) is 0 Å². The molecule has 0 aliphatic carbocycles. The van der Waals surface area contributed by atoms with Crippen LogP contribution in [0.1, 0.15) is 6.92 Å². The lowest BCUT2D eigenvalue weighted by atomic mass is 10.7. The highest BCUT2D eigenvalue weighted by Crippen LogP contribution is 2.14. The maximum absolute atomic E-state index is 11.6. The molecule has 0 unspecified atom stereocenters. The van der Waals surface area contributed by atoms with Crippen molar-refractivity contribution in [2.24, 2.45) is 0 Å². The van der Waals surface area contributed by atoms with Crippen molar-refractivity contribution < 1.29 is 27.1 Å². The minimum atomic E-state index is -3.83. The summed E-state index contributed by atoms with van der Waals surface area (Å²) < 4.78 is 48.4. The fraction of sp³-hybridized carbons (Fsp3) is 0.750. The van der Waals surface area contributed by atoms with Crippen LogP contribution in [0, 0.1) is 0 Å². The zero-order valence-electron chi connectivity index (χ0n) is 4.91. The lowest BCUT2D eigenvalue weighted by Gasteiger charge is -2.09. The molecule has 0 bridgehead atoms. The number of rotatable bonds is 2. The van der Waals surface area contributed by atoms with E-state index in [0.717, 1.165) is 0 Å². The molecule has 0 aliphatic heterocycles. The molecule has 2 nitrogen and oxygen atoms in total. The summed E-state index contributed by atoms with van der Waals surface area (Å²) in [4.78, 5) is 9.71. The van der Waals surface area contributed by atoms with Gasteiger partial charge in [0.1, 0.15) is 0 Å². The number of carbonyl (C=O) groups is 1. The third-order valence-electron chi connectivity index (χ3n) is 0.458. The van der Waals surface area contributed by atoms with Gasteiger partial charge in [-0.05, 0) is 0 Å². The smallest absolute Gasteiger partial charge is 0.397 e. The molecule has 0 saturated carbocycles. The summed E-state index contributed by atoms with van der Waals surface area (Å²) in [6, 6.07) is 0. The molecule has 0 spiro atoms. The molecule has 0 aliphatic rings. The van der Waals surface area contributed by atoms with Crippen LogP contribution in [0.15, 0.2) is 0 Å². The normalized spacial score (nSPS) is 11.8. The monoisotopic (exact) mass is 160 g/mol. The molecular formula is C4H4F4O2. The molecular weight excluding hydrogens is 156 g/mol. The van der Waals surface area contributed by atoms with Gasteiger partial charge in [-0.2, -0.15) is 17.6 Å². The lowest BCUT2D eigenvalue weighted by Crippen LogP contribution is -2.25. The van der Waals surface area contributed by atoms with Gasteiger partial charge in [0.25, 0.3) is 0 Å². The molecule has 0 saturated heterocycles. The molecule has 0 amide bonds. The van der Waals surface area contributed by atoms with E-state index in [2.05, 4.69) is 4.74 Å². The Hall–Kier alpha value is -0.810. The molecule has 0 atom stereocenters. The van der Waals surface area contributed by atoms with Crippen LogP contribution in [-0.2, 0) is 9.53 Å². The standard InChI is InChI=1S/C4H4F4O2/c1-4(7,8)10-3(9)2(5)6/h2H,1H3. The molecule has 0 aromatic carbocycles. The van der Waals surface area contributed by atoms with Crippen molar-refractivity contribution in [2.75, 3.05) is 0 Å². The lowest BCUT2D eigenvalue weighted by molar-refractivity contribution is -0.231. The number of hydrogen-bond donors (Lipinski definition) is 0. The number of alkyl halides is 4. The summed E-state index contributed by atoms with van der Waals surface area (Å²) in [5, 5.41) is 0. The first-order valence-corrected chi connectivity index (χ1v) is 2.22. The zero-order valence-corrected chi connectivity index (χ0v) is 4.91. The van der Waals surface area contributed by atoms with Gasteiger partial charge in [-0.25, -0.2) is 4.79 Å². The van der Waals surface area contributed by atoms with Crippen molar-refractivity contribution >= 4 is 5.97 Å². The summed E-state index contributed by atoms with van der Waals surface area (Å²) in [5.74, 6) is -2.22. The van der Waals surface area contributed by atoms with Crippen LogP contribution in [0.5, 0.6) is 0 Å². The molecule has 6 heteroatoms. The highest BCUT2D eigenvalue weighted by Gasteiger charge is 2.30. The molecule has 0 heterocycles. The van der Waals surface area contributed by atoms with Crippen LogP contribution in [0.2, 0.25) is 0 Å². The van der Waals surface area contributed by atoms with Gasteiger partial charge in [0.15, 0.2) is 0 Å². The number of carbonyl (C=O) groups excluding carboxylic acids is 1. The van der Waals surface area contributed by atoms with Gasteiger partial charge < -0.3 is 4.74 Å². The van der Waals surface area contributed by atoms with Gasteiger partial charge in [0.2, 0.25) is 0 Å². The van der Waals surface area contributed by atoms with Gasteiger partial charge >= 0.3 is 18.5 Å². The van der Waals surface area contributed by atoms with E-state index in [1.807, 2.05) is 0 Å². The Labute approximate surface area is 53.8 Å². The molecule has 0 fully saturated rings. The maximum atomic E-state index is 11.6. The second kappa shape index (κ2) is 2.85. The van der Waals surface area contributed by atoms with E-state index in [9.17, 15) is 22.4 Å². The maximum Gasteiger partial charge on any atom is 0.397 e. The molecule has 0 aromatic rings. The molecule has 0 aromatic heterocycles. The summed E-state index contributed by atoms with van der Waals surface area (Å²) in [6.07, 6.45) is -7.33. The van der Waals surface area contributed by atoms with Crippen molar-refractivity contribution in [3.8, 4) is 0 Å². The molecule has 0 rings (SSSR count). The highest BCUT2D eigenvalue weighted by molar-refractivity contribution is 5.72. The van der Waals surface area contributed by atoms with Crippen LogP contribution in [0.25, 0.3) is 0 Å². The average molecular weight is 160 g/mol. The predicted octanol–water partition coefficient (Wildman–Crippen LogP) is 1.41. The van der Waals surface area contributed by atoms with E-state index in [1.165, 1.54) is 0 Å². The number of ether oxygens (including phenoxy) is 1. The van der Waals surface area contributed by atoms with E-state index in [-0.39, 0.29) is 6.92 Å². The minimum Gasteiger partial charge on any atom is -0.397 e. The average Bonchev–Trinajstić information content (AvgIpc) is 1.60. The van der Waals surface area contributed by atoms with Crippen molar-refractivity contribution in [1.29, 1.82) is 0 Å². The first-order chi connectivity index (χ1) is 4.33. The van der Waals surface area contributed by atoms with Gasteiger partial charge in [0, 0.05) is 6.92 Å². The van der Waals surface area contributed by atoms with Gasteiger partial charge in [-0.1, -0.05) is 0 Å². The second-order valence-electron chi connectivity index (χ2n) is 1.53. The van der Waals surface area contributed by atoms with Crippen LogP contribution in [-0.4, -0.2) is 18.5 Å². The fourth-order valence-electron chi connectivity index (χ4n) is 0.221.